The minimum absolute atomic E-state index is 0.0324. The summed E-state index contributed by atoms with van der Waals surface area (Å²) in [5.74, 6) is -2.65. The maximum absolute atomic E-state index is 11.7. The number of rotatable bonds is 4. The highest BCUT2D eigenvalue weighted by Crippen LogP contribution is 2.21. The quantitative estimate of drug-likeness (QED) is 0.626. The van der Waals surface area contributed by atoms with E-state index in [4.69, 9.17) is 14.6 Å². The van der Waals surface area contributed by atoms with E-state index in [-0.39, 0.29) is 24.9 Å². The lowest BCUT2D eigenvalue weighted by molar-refractivity contribution is -0.150. The Morgan fingerprint density at radius 3 is 2.84 bits per heavy atom. The molecule has 1 fully saturated rings. The molecule has 2 atom stereocenters. The molecule has 2 aliphatic heterocycles. The zero-order valence-electron chi connectivity index (χ0n) is 10.4. The highest BCUT2D eigenvalue weighted by molar-refractivity contribution is 5.88. The summed E-state index contributed by atoms with van der Waals surface area (Å²) in [5, 5.41) is 21.6. The third kappa shape index (κ3) is 3.17. The van der Waals surface area contributed by atoms with E-state index in [9.17, 15) is 14.7 Å². The van der Waals surface area contributed by atoms with Crippen molar-refractivity contribution in [3.05, 3.63) is 11.5 Å². The molecule has 0 aliphatic carbocycles. The van der Waals surface area contributed by atoms with Crippen LogP contribution in [-0.2, 0) is 19.1 Å². The molecule has 106 valence electrons. The van der Waals surface area contributed by atoms with Gasteiger partial charge in [-0.25, -0.2) is 4.79 Å². The minimum Gasteiger partial charge on any atom is -0.505 e. The molecule has 0 aromatic heterocycles. The molecule has 0 saturated carbocycles. The van der Waals surface area contributed by atoms with Gasteiger partial charge >= 0.3 is 11.9 Å². The van der Waals surface area contributed by atoms with Crippen LogP contribution in [0.3, 0.4) is 0 Å². The van der Waals surface area contributed by atoms with E-state index in [1.165, 1.54) is 0 Å². The third-order valence-corrected chi connectivity index (χ3v) is 3.24. The molecule has 2 aliphatic rings. The van der Waals surface area contributed by atoms with Gasteiger partial charge in [0.15, 0.2) is 11.9 Å². The molecule has 0 spiro atoms. The highest BCUT2D eigenvalue weighted by Gasteiger charge is 2.34. The van der Waals surface area contributed by atoms with Crippen LogP contribution in [0.4, 0.5) is 0 Å². The molecule has 0 bridgehead atoms. The van der Waals surface area contributed by atoms with Gasteiger partial charge in [-0.1, -0.05) is 0 Å². The third-order valence-electron chi connectivity index (χ3n) is 3.24. The predicted molar refractivity (Wildman–Crippen MR) is 63.3 cm³/mol. The van der Waals surface area contributed by atoms with Crippen molar-refractivity contribution >= 4 is 11.9 Å². The smallest absolute Gasteiger partial charge is 0.377 e. The highest BCUT2D eigenvalue weighted by atomic mass is 16.6. The molecule has 0 radical (unpaired) electrons. The van der Waals surface area contributed by atoms with Crippen LogP contribution in [-0.4, -0.2) is 48.0 Å². The van der Waals surface area contributed by atoms with E-state index in [1.54, 1.807) is 0 Å². The van der Waals surface area contributed by atoms with Gasteiger partial charge in [0.05, 0.1) is 12.5 Å². The Balaban J connectivity index is 1.72. The lowest BCUT2D eigenvalue weighted by Gasteiger charge is -2.21. The Labute approximate surface area is 110 Å². The largest absolute Gasteiger partial charge is 0.505 e. The number of ether oxygens (including phenoxy) is 2. The van der Waals surface area contributed by atoms with Gasteiger partial charge in [-0.15, -0.1) is 0 Å². The number of carbonyl (C=O) groups excluding carboxylic acids is 2. The molecule has 1 saturated heterocycles. The van der Waals surface area contributed by atoms with Gasteiger partial charge in [-0.2, -0.15) is 0 Å². The lowest BCUT2D eigenvalue weighted by Crippen LogP contribution is -2.35. The number of hydrogen-bond donors (Lipinski definition) is 3. The van der Waals surface area contributed by atoms with E-state index in [1.807, 2.05) is 0 Å². The van der Waals surface area contributed by atoms with Gasteiger partial charge in [-0.05, 0) is 19.4 Å². The topological polar surface area (TPSA) is 105 Å². The van der Waals surface area contributed by atoms with Gasteiger partial charge in [0.25, 0.3) is 0 Å². The Morgan fingerprint density at radius 2 is 2.26 bits per heavy atom. The number of hydrogen-bond acceptors (Lipinski definition) is 7. The van der Waals surface area contributed by atoms with Crippen molar-refractivity contribution in [2.75, 3.05) is 19.7 Å². The normalized spacial score (nSPS) is 27.3. The van der Waals surface area contributed by atoms with Crippen LogP contribution in [0.5, 0.6) is 0 Å². The fraction of sp³-hybridized carbons (Fsp3) is 0.667. The molecule has 0 aromatic rings. The first-order valence-electron chi connectivity index (χ1n) is 6.30. The van der Waals surface area contributed by atoms with Crippen molar-refractivity contribution in [2.24, 2.45) is 5.92 Å². The van der Waals surface area contributed by atoms with Crippen molar-refractivity contribution < 1.29 is 29.3 Å². The zero-order chi connectivity index (χ0) is 13.8. The van der Waals surface area contributed by atoms with Gasteiger partial charge in [0.2, 0.25) is 5.76 Å². The fourth-order valence-electron chi connectivity index (χ4n) is 2.13. The summed E-state index contributed by atoms with van der Waals surface area (Å²) in [6.45, 7) is 1.56. The number of piperidine rings is 1. The van der Waals surface area contributed by atoms with E-state index in [2.05, 4.69) is 5.32 Å². The van der Waals surface area contributed by atoms with Crippen molar-refractivity contribution in [3.63, 3.8) is 0 Å². The summed E-state index contributed by atoms with van der Waals surface area (Å²) in [4.78, 5) is 22.6. The molecule has 0 aromatic carbocycles. The number of esters is 2. The Hall–Kier alpha value is -1.76. The Bertz CT molecular complexity index is 399. The van der Waals surface area contributed by atoms with Gasteiger partial charge in [0.1, 0.15) is 0 Å². The lowest BCUT2D eigenvalue weighted by atomic mass is 10.0. The number of cyclic esters (lactones) is 1. The van der Waals surface area contributed by atoms with E-state index < -0.39 is 23.6 Å². The summed E-state index contributed by atoms with van der Waals surface area (Å²) in [5.41, 5.74) is 0. The van der Waals surface area contributed by atoms with Crippen molar-refractivity contribution in [1.29, 1.82) is 0 Å². The van der Waals surface area contributed by atoms with Crippen molar-refractivity contribution in [2.45, 2.75) is 25.4 Å². The zero-order valence-corrected chi connectivity index (χ0v) is 10.4. The Kier molecular flexibility index (Phi) is 4.26. The average molecular weight is 271 g/mol. The van der Waals surface area contributed by atoms with Crippen molar-refractivity contribution in [1.82, 2.24) is 5.32 Å². The van der Waals surface area contributed by atoms with Crippen LogP contribution in [0, 0.1) is 5.92 Å². The van der Waals surface area contributed by atoms with Gasteiger partial charge in [-0.3, -0.25) is 4.79 Å². The maximum atomic E-state index is 11.7. The van der Waals surface area contributed by atoms with E-state index in [0.29, 0.717) is 6.54 Å². The number of aliphatic hydroxyl groups is 2. The van der Waals surface area contributed by atoms with Gasteiger partial charge < -0.3 is 25.0 Å². The molecule has 2 rings (SSSR count). The summed E-state index contributed by atoms with van der Waals surface area (Å²) < 4.78 is 9.77. The maximum Gasteiger partial charge on any atom is 0.377 e. The second-order valence-electron chi connectivity index (χ2n) is 4.63. The molecular weight excluding hydrogens is 254 g/mol. The summed E-state index contributed by atoms with van der Waals surface area (Å²) in [7, 11) is 0. The van der Waals surface area contributed by atoms with Crippen LogP contribution in [0.2, 0.25) is 0 Å². The molecular formula is C12H17NO6. The van der Waals surface area contributed by atoms with Crippen LogP contribution < -0.4 is 5.32 Å². The van der Waals surface area contributed by atoms with Crippen LogP contribution in [0.25, 0.3) is 0 Å². The summed E-state index contributed by atoms with van der Waals surface area (Å²) in [6.07, 6.45) is 0.950. The first-order valence-corrected chi connectivity index (χ1v) is 6.30. The van der Waals surface area contributed by atoms with Crippen LogP contribution >= 0.6 is 0 Å². The Morgan fingerprint density at radius 1 is 1.47 bits per heavy atom. The second kappa shape index (κ2) is 5.92. The summed E-state index contributed by atoms with van der Waals surface area (Å²) in [6, 6.07) is 0. The van der Waals surface area contributed by atoms with Gasteiger partial charge in [0, 0.05) is 13.0 Å². The van der Waals surface area contributed by atoms with Crippen LogP contribution in [0.15, 0.2) is 11.5 Å². The molecule has 19 heavy (non-hydrogen) atoms. The van der Waals surface area contributed by atoms with E-state index in [0.717, 1.165) is 19.4 Å². The average Bonchev–Trinajstić information content (AvgIpc) is 2.67. The number of nitrogens with one attached hydrogen (secondary N) is 1. The molecule has 2 unspecified atom stereocenters. The molecule has 0 amide bonds. The fourth-order valence-corrected chi connectivity index (χ4v) is 2.13. The molecule has 7 heteroatoms. The SMILES string of the molecule is O=C1OC(CCOC(=O)C2CCCNC2)C(O)=C1O. The standard InChI is InChI=1S/C12H17NO6/c14-9-8(19-12(17)10(9)15)3-5-18-11(16)7-2-1-4-13-6-7/h7-8,13-15H,1-6H2. The van der Waals surface area contributed by atoms with Crippen molar-refractivity contribution in [3.8, 4) is 0 Å². The number of aliphatic hydroxyl groups excluding tert-OH is 2. The monoisotopic (exact) mass is 271 g/mol. The second-order valence-corrected chi connectivity index (χ2v) is 4.63. The first-order chi connectivity index (χ1) is 9.09. The van der Waals surface area contributed by atoms with Crippen LogP contribution in [0.1, 0.15) is 19.3 Å². The summed E-state index contributed by atoms with van der Waals surface area (Å²) >= 11 is 0. The molecule has 2 heterocycles. The predicted octanol–water partition coefficient (Wildman–Crippen LogP) is 0.172. The minimum atomic E-state index is -0.953. The van der Waals surface area contributed by atoms with E-state index >= 15 is 0 Å². The molecule has 7 nitrogen and oxygen atoms in total. The molecule has 3 N–H and O–H groups in total. The first kappa shape index (κ1) is 13.7. The number of carbonyl (C=O) groups is 2.